The highest BCUT2D eigenvalue weighted by molar-refractivity contribution is 6.06. The summed E-state index contributed by atoms with van der Waals surface area (Å²) in [5, 5.41) is 5.72. The van der Waals surface area contributed by atoms with E-state index >= 15 is 0 Å². The molecule has 1 saturated heterocycles. The van der Waals surface area contributed by atoms with Crippen LogP contribution < -0.4 is 10.1 Å². The highest BCUT2D eigenvalue weighted by Crippen LogP contribution is 2.32. The zero-order valence-electron chi connectivity index (χ0n) is 17.0. The SMILES string of the molecule is COc1nccc2cc(C(=O)Nc3cc4[nH]c([C@H]5CCCN5C)cc4cn3)ccc12. The van der Waals surface area contributed by atoms with E-state index in [-0.39, 0.29) is 5.91 Å². The van der Waals surface area contributed by atoms with Crippen molar-refractivity contribution in [2.45, 2.75) is 18.9 Å². The van der Waals surface area contributed by atoms with Gasteiger partial charge >= 0.3 is 0 Å². The third kappa shape index (κ3) is 3.27. The molecule has 1 atom stereocenters. The van der Waals surface area contributed by atoms with Crippen LogP contribution in [0.2, 0.25) is 0 Å². The number of anilines is 1. The van der Waals surface area contributed by atoms with Crippen molar-refractivity contribution in [2.75, 3.05) is 26.0 Å². The maximum absolute atomic E-state index is 12.8. The number of nitrogens with one attached hydrogen (secondary N) is 2. The Kier molecular flexibility index (Phi) is 4.59. The van der Waals surface area contributed by atoms with E-state index in [1.807, 2.05) is 24.3 Å². The van der Waals surface area contributed by atoms with Gasteiger partial charge in [0.05, 0.1) is 12.6 Å². The van der Waals surface area contributed by atoms with Gasteiger partial charge < -0.3 is 15.0 Å². The minimum atomic E-state index is -0.207. The van der Waals surface area contributed by atoms with Crippen molar-refractivity contribution in [1.82, 2.24) is 19.9 Å². The maximum atomic E-state index is 12.8. The van der Waals surface area contributed by atoms with Crippen molar-refractivity contribution in [3.05, 3.63) is 60.0 Å². The lowest BCUT2D eigenvalue weighted by Crippen LogP contribution is -2.17. The van der Waals surface area contributed by atoms with E-state index in [9.17, 15) is 4.79 Å². The number of hydrogen-bond acceptors (Lipinski definition) is 5. The van der Waals surface area contributed by atoms with Crippen molar-refractivity contribution >= 4 is 33.4 Å². The Bertz CT molecular complexity index is 1250. The second-order valence-corrected chi connectivity index (χ2v) is 7.73. The molecule has 1 aliphatic rings. The summed E-state index contributed by atoms with van der Waals surface area (Å²) < 4.78 is 5.28. The summed E-state index contributed by atoms with van der Waals surface area (Å²) >= 11 is 0. The largest absolute Gasteiger partial charge is 0.481 e. The van der Waals surface area contributed by atoms with E-state index in [0.29, 0.717) is 23.3 Å². The molecule has 0 aliphatic carbocycles. The fourth-order valence-corrected chi connectivity index (χ4v) is 4.24. The molecule has 0 radical (unpaired) electrons. The Labute approximate surface area is 174 Å². The van der Waals surface area contributed by atoms with Gasteiger partial charge in [0.15, 0.2) is 0 Å². The highest BCUT2D eigenvalue weighted by Gasteiger charge is 2.24. The van der Waals surface area contributed by atoms with Gasteiger partial charge in [0.1, 0.15) is 5.82 Å². The number of rotatable bonds is 4. The predicted octanol–water partition coefficient (Wildman–Crippen LogP) is 4.14. The zero-order chi connectivity index (χ0) is 20.7. The molecule has 2 N–H and O–H groups in total. The smallest absolute Gasteiger partial charge is 0.256 e. The molecule has 5 rings (SSSR count). The summed E-state index contributed by atoms with van der Waals surface area (Å²) in [6.07, 6.45) is 5.84. The number of amides is 1. The van der Waals surface area contributed by atoms with Gasteiger partial charge in [-0.3, -0.25) is 9.69 Å². The lowest BCUT2D eigenvalue weighted by Gasteiger charge is -2.17. The fraction of sp³-hybridized carbons (Fsp3) is 0.261. The number of pyridine rings is 2. The lowest BCUT2D eigenvalue weighted by molar-refractivity contribution is 0.102. The summed E-state index contributed by atoms with van der Waals surface area (Å²) in [5.41, 5.74) is 2.73. The van der Waals surface area contributed by atoms with Crippen molar-refractivity contribution in [3.8, 4) is 5.88 Å². The van der Waals surface area contributed by atoms with Gasteiger partial charge in [-0.25, -0.2) is 9.97 Å². The Hall–Kier alpha value is -3.45. The van der Waals surface area contributed by atoms with Gasteiger partial charge in [0, 0.05) is 46.5 Å². The summed E-state index contributed by atoms with van der Waals surface area (Å²) in [5.74, 6) is 0.858. The molecule has 7 nitrogen and oxygen atoms in total. The molecule has 1 aliphatic heterocycles. The molecular weight excluding hydrogens is 378 g/mol. The van der Waals surface area contributed by atoms with Crippen LogP contribution in [0.3, 0.4) is 0 Å². The van der Waals surface area contributed by atoms with Gasteiger partial charge in [0.2, 0.25) is 5.88 Å². The number of hydrogen-bond donors (Lipinski definition) is 2. The molecule has 0 spiro atoms. The summed E-state index contributed by atoms with van der Waals surface area (Å²) in [6, 6.07) is 11.8. The number of benzene rings is 1. The average molecular weight is 401 g/mol. The number of carbonyl (C=O) groups excluding carboxylic acids is 1. The van der Waals surface area contributed by atoms with E-state index in [4.69, 9.17) is 4.74 Å². The van der Waals surface area contributed by atoms with Gasteiger partial charge in [0.25, 0.3) is 5.91 Å². The van der Waals surface area contributed by atoms with Gasteiger partial charge in [-0.15, -0.1) is 0 Å². The minimum absolute atomic E-state index is 0.207. The molecule has 0 saturated carbocycles. The van der Waals surface area contributed by atoms with E-state index < -0.39 is 0 Å². The van der Waals surface area contributed by atoms with Gasteiger partial charge in [-0.05, 0) is 62.2 Å². The Morgan fingerprint density at radius 2 is 2.10 bits per heavy atom. The van der Waals surface area contributed by atoms with E-state index in [0.717, 1.165) is 34.6 Å². The van der Waals surface area contributed by atoms with Crippen LogP contribution in [0, 0.1) is 0 Å². The molecule has 1 aromatic carbocycles. The van der Waals surface area contributed by atoms with Gasteiger partial charge in [-0.2, -0.15) is 0 Å². The number of aromatic nitrogens is 3. The molecule has 7 heteroatoms. The molecule has 1 fully saturated rings. The number of H-pyrrole nitrogens is 1. The van der Waals surface area contributed by atoms with Crippen LogP contribution in [-0.2, 0) is 0 Å². The molecule has 1 amide bonds. The minimum Gasteiger partial charge on any atom is -0.481 e. The van der Waals surface area contributed by atoms with Crippen LogP contribution in [0.5, 0.6) is 5.88 Å². The third-order valence-corrected chi connectivity index (χ3v) is 5.83. The van der Waals surface area contributed by atoms with Crippen LogP contribution in [0.15, 0.2) is 48.8 Å². The van der Waals surface area contributed by atoms with Crippen LogP contribution in [0.1, 0.15) is 34.9 Å². The number of nitrogens with zero attached hydrogens (tertiary/aromatic N) is 3. The molecule has 4 aromatic rings. The summed E-state index contributed by atoms with van der Waals surface area (Å²) in [7, 11) is 3.74. The Balaban J connectivity index is 1.39. The van der Waals surface area contributed by atoms with E-state index in [1.165, 1.54) is 12.1 Å². The van der Waals surface area contributed by atoms with Crippen LogP contribution in [0.25, 0.3) is 21.7 Å². The van der Waals surface area contributed by atoms with E-state index in [2.05, 4.69) is 38.3 Å². The van der Waals surface area contributed by atoms with Crippen LogP contribution >= 0.6 is 0 Å². The first kappa shape index (κ1) is 18.6. The predicted molar refractivity (Wildman–Crippen MR) is 117 cm³/mol. The quantitative estimate of drug-likeness (QED) is 0.537. The molecule has 0 bridgehead atoms. The maximum Gasteiger partial charge on any atom is 0.256 e. The number of fused-ring (bicyclic) bond motifs is 2. The molecule has 0 unspecified atom stereocenters. The number of methoxy groups -OCH3 is 1. The Morgan fingerprint density at radius 1 is 1.20 bits per heavy atom. The first-order valence-electron chi connectivity index (χ1n) is 10.1. The lowest BCUT2D eigenvalue weighted by atomic mass is 10.1. The molecule has 152 valence electrons. The first-order chi connectivity index (χ1) is 14.6. The monoisotopic (exact) mass is 401 g/mol. The fourth-order valence-electron chi connectivity index (χ4n) is 4.24. The molecule has 3 aromatic heterocycles. The normalized spacial score (nSPS) is 16.9. The number of aromatic amines is 1. The molecule has 4 heterocycles. The van der Waals surface area contributed by atoms with Gasteiger partial charge in [-0.1, -0.05) is 0 Å². The zero-order valence-corrected chi connectivity index (χ0v) is 17.0. The first-order valence-corrected chi connectivity index (χ1v) is 10.1. The average Bonchev–Trinajstić information content (AvgIpc) is 3.38. The van der Waals surface area contributed by atoms with Crippen molar-refractivity contribution in [1.29, 1.82) is 0 Å². The van der Waals surface area contributed by atoms with Crippen molar-refractivity contribution in [3.63, 3.8) is 0 Å². The van der Waals surface area contributed by atoms with E-state index in [1.54, 1.807) is 25.6 Å². The van der Waals surface area contributed by atoms with Crippen LogP contribution in [-0.4, -0.2) is 46.5 Å². The number of carbonyl (C=O) groups is 1. The molecule has 30 heavy (non-hydrogen) atoms. The van der Waals surface area contributed by atoms with Crippen molar-refractivity contribution in [2.24, 2.45) is 0 Å². The summed E-state index contributed by atoms with van der Waals surface area (Å²) in [4.78, 5) is 27.3. The third-order valence-electron chi connectivity index (χ3n) is 5.83. The van der Waals surface area contributed by atoms with Crippen molar-refractivity contribution < 1.29 is 9.53 Å². The molecular formula is C23H23N5O2. The summed E-state index contributed by atoms with van der Waals surface area (Å²) in [6.45, 7) is 1.12. The topological polar surface area (TPSA) is 83.1 Å². The number of ether oxygens (including phenoxy) is 1. The second-order valence-electron chi connectivity index (χ2n) is 7.73. The number of likely N-dealkylation sites (tertiary alicyclic amines) is 1. The Morgan fingerprint density at radius 3 is 2.90 bits per heavy atom. The van der Waals surface area contributed by atoms with Crippen LogP contribution in [0.4, 0.5) is 5.82 Å². The second kappa shape index (κ2) is 7.42. The standard InChI is InChI=1S/C23H23N5O2/c1-28-9-3-4-20(28)19-11-16-13-25-21(12-18(16)26-19)27-22(29)15-5-6-17-14(10-15)7-8-24-23(17)30-2/h5-8,10-13,20,26H,3-4,9H2,1-2H3,(H,25,27,29)/t20-/m1/s1. The highest BCUT2D eigenvalue weighted by atomic mass is 16.5.